The molecule has 0 saturated heterocycles. The lowest BCUT2D eigenvalue weighted by molar-refractivity contribution is 0.310. The predicted molar refractivity (Wildman–Crippen MR) is 67.1 cm³/mol. The van der Waals surface area contributed by atoms with Crippen LogP contribution in [0.3, 0.4) is 0 Å². The van der Waals surface area contributed by atoms with E-state index in [1.54, 1.807) is 20.8 Å². The topological polar surface area (TPSA) is 99.2 Å². The van der Waals surface area contributed by atoms with Gasteiger partial charge in [-0.1, -0.05) is 19.0 Å². The van der Waals surface area contributed by atoms with Gasteiger partial charge in [-0.2, -0.15) is 17.0 Å². The number of oxime groups is 1. The van der Waals surface area contributed by atoms with Crippen molar-refractivity contribution in [3.63, 3.8) is 0 Å². The van der Waals surface area contributed by atoms with Gasteiger partial charge in [0.05, 0.1) is 0 Å². The van der Waals surface area contributed by atoms with Gasteiger partial charge in [-0.15, -0.1) is 0 Å². The van der Waals surface area contributed by atoms with Gasteiger partial charge >= 0.3 is 0 Å². The van der Waals surface area contributed by atoms with E-state index in [4.69, 9.17) is 10.9 Å². The van der Waals surface area contributed by atoms with E-state index in [-0.39, 0.29) is 18.3 Å². The Morgan fingerprint density at radius 1 is 1.41 bits per heavy atom. The van der Waals surface area contributed by atoms with E-state index in [0.29, 0.717) is 13.1 Å². The average Bonchev–Trinajstić information content (AvgIpc) is 2.28. The van der Waals surface area contributed by atoms with E-state index in [0.717, 1.165) is 0 Å². The highest BCUT2D eigenvalue weighted by atomic mass is 32.2. The molecule has 0 saturated carbocycles. The Kier molecular flexibility index (Phi) is 6.43. The van der Waals surface area contributed by atoms with Gasteiger partial charge in [-0.25, -0.2) is 0 Å². The van der Waals surface area contributed by atoms with E-state index in [2.05, 4.69) is 5.16 Å². The first-order valence-electron chi connectivity index (χ1n) is 5.50. The Hall–Kier alpha value is -0.860. The molecule has 0 bridgehead atoms. The minimum atomic E-state index is -3.48. The van der Waals surface area contributed by atoms with Gasteiger partial charge in [0.15, 0.2) is 0 Å². The van der Waals surface area contributed by atoms with Crippen LogP contribution in [0.2, 0.25) is 0 Å². The Morgan fingerprint density at radius 3 is 2.24 bits per heavy atom. The van der Waals surface area contributed by atoms with Crippen LogP contribution in [-0.2, 0) is 10.2 Å². The van der Waals surface area contributed by atoms with Gasteiger partial charge in [-0.05, 0) is 6.92 Å². The molecule has 1 unspecified atom stereocenters. The second-order valence-corrected chi connectivity index (χ2v) is 5.74. The number of nitrogens with two attached hydrogens (primary N) is 1. The third-order valence-corrected chi connectivity index (χ3v) is 4.91. The van der Waals surface area contributed by atoms with Crippen LogP contribution in [0, 0.1) is 0 Å². The van der Waals surface area contributed by atoms with Gasteiger partial charge < -0.3 is 10.9 Å². The summed E-state index contributed by atoms with van der Waals surface area (Å²) >= 11 is 0. The molecule has 1 atom stereocenters. The highest BCUT2D eigenvalue weighted by molar-refractivity contribution is 7.86. The first kappa shape index (κ1) is 16.1. The monoisotopic (exact) mass is 266 g/mol. The second kappa shape index (κ2) is 6.77. The number of nitrogens with zero attached hydrogens (tertiary/aromatic N) is 3. The predicted octanol–water partition coefficient (Wildman–Crippen LogP) is 0.0298. The van der Waals surface area contributed by atoms with Gasteiger partial charge in [-0.3, -0.25) is 0 Å². The highest BCUT2D eigenvalue weighted by Crippen LogP contribution is 2.12. The first-order valence-corrected chi connectivity index (χ1v) is 6.90. The molecular formula is C9H22N4O3S. The van der Waals surface area contributed by atoms with E-state index < -0.39 is 10.2 Å². The van der Waals surface area contributed by atoms with Gasteiger partial charge in [0.2, 0.25) is 0 Å². The molecule has 0 heterocycles. The quantitative estimate of drug-likeness (QED) is 0.294. The van der Waals surface area contributed by atoms with Crippen LogP contribution in [0.4, 0.5) is 0 Å². The number of amidine groups is 1. The molecule has 0 fully saturated rings. The maximum Gasteiger partial charge on any atom is 0.281 e. The van der Waals surface area contributed by atoms with Crippen molar-refractivity contribution in [1.29, 1.82) is 0 Å². The molecule has 0 aromatic rings. The van der Waals surface area contributed by atoms with Crippen molar-refractivity contribution in [3.8, 4) is 0 Å². The van der Waals surface area contributed by atoms with E-state index >= 15 is 0 Å². The molecule has 0 aromatic carbocycles. The SMILES string of the molecule is CCN(CC)S(=O)(=O)N(C)C(C)C/C(N)=N/O. The third kappa shape index (κ3) is 4.14. The van der Waals surface area contributed by atoms with Gasteiger partial charge in [0.25, 0.3) is 10.2 Å². The maximum atomic E-state index is 12.1. The van der Waals surface area contributed by atoms with Crippen LogP contribution >= 0.6 is 0 Å². The summed E-state index contributed by atoms with van der Waals surface area (Å²) in [6, 6.07) is -0.364. The summed E-state index contributed by atoms with van der Waals surface area (Å²) in [5, 5.41) is 11.3. The zero-order chi connectivity index (χ0) is 13.6. The summed E-state index contributed by atoms with van der Waals surface area (Å²) < 4.78 is 26.8. The molecule has 102 valence electrons. The second-order valence-electron chi connectivity index (χ2n) is 3.75. The van der Waals surface area contributed by atoms with Crippen molar-refractivity contribution in [2.45, 2.75) is 33.2 Å². The van der Waals surface area contributed by atoms with Crippen molar-refractivity contribution in [3.05, 3.63) is 0 Å². The third-order valence-electron chi connectivity index (χ3n) is 2.65. The van der Waals surface area contributed by atoms with Crippen LogP contribution in [0.25, 0.3) is 0 Å². The number of hydrogen-bond acceptors (Lipinski definition) is 4. The zero-order valence-electron chi connectivity index (χ0n) is 10.8. The number of hydrogen-bond donors (Lipinski definition) is 2. The lowest BCUT2D eigenvalue weighted by Crippen LogP contribution is -2.46. The molecular weight excluding hydrogens is 244 g/mol. The minimum Gasteiger partial charge on any atom is -0.409 e. The lowest BCUT2D eigenvalue weighted by Gasteiger charge is -2.29. The molecule has 0 aromatic heterocycles. The molecule has 7 nitrogen and oxygen atoms in total. The summed E-state index contributed by atoms with van der Waals surface area (Å²) in [5.41, 5.74) is 5.36. The summed E-state index contributed by atoms with van der Waals surface area (Å²) in [7, 11) is -1.99. The molecule has 0 aliphatic carbocycles. The molecule has 3 N–H and O–H groups in total. The fourth-order valence-electron chi connectivity index (χ4n) is 1.43. The molecule has 8 heteroatoms. The Bertz CT molecular complexity index is 351. The summed E-state index contributed by atoms with van der Waals surface area (Å²) in [5.74, 6) is 0.0131. The Balaban J connectivity index is 4.84. The van der Waals surface area contributed by atoms with Crippen molar-refractivity contribution in [2.24, 2.45) is 10.9 Å². The number of rotatable bonds is 7. The molecule has 0 amide bonds. The molecule has 0 aliphatic heterocycles. The van der Waals surface area contributed by atoms with Crippen LogP contribution in [0.1, 0.15) is 27.2 Å². The van der Waals surface area contributed by atoms with Crippen LogP contribution < -0.4 is 5.73 Å². The van der Waals surface area contributed by atoms with Crippen molar-refractivity contribution >= 4 is 16.0 Å². The van der Waals surface area contributed by atoms with E-state index in [1.807, 2.05) is 0 Å². The fraction of sp³-hybridized carbons (Fsp3) is 0.889. The van der Waals surface area contributed by atoms with Gasteiger partial charge in [0.1, 0.15) is 5.84 Å². The van der Waals surface area contributed by atoms with E-state index in [9.17, 15) is 8.42 Å². The molecule has 0 rings (SSSR count). The normalized spacial score (nSPS) is 15.5. The van der Waals surface area contributed by atoms with Crippen molar-refractivity contribution in [2.75, 3.05) is 20.1 Å². The first-order chi connectivity index (χ1) is 7.81. The van der Waals surface area contributed by atoms with Crippen LogP contribution in [-0.4, -0.2) is 54.3 Å². The summed E-state index contributed by atoms with van der Waals surface area (Å²) in [4.78, 5) is 0. The largest absolute Gasteiger partial charge is 0.409 e. The smallest absolute Gasteiger partial charge is 0.281 e. The molecule has 17 heavy (non-hydrogen) atoms. The van der Waals surface area contributed by atoms with Crippen molar-refractivity contribution in [1.82, 2.24) is 8.61 Å². The van der Waals surface area contributed by atoms with Crippen molar-refractivity contribution < 1.29 is 13.6 Å². The molecule has 0 aliphatic rings. The molecule has 0 spiro atoms. The van der Waals surface area contributed by atoms with Crippen LogP contribution in [0.5, 0.6) is 0 Å². The lowest BCUT2D eigenvalue weighted by atomic mass is 10.2. The summed E-state index contributed by atoms with van der Waals surface area (Å²) in [6.07, 6.45) is 0.188. The Morgan fingerprint density at radius 2 is 1.88 bits per heavy atom. The van der Waals surface area contributed by atoms with Crippen LogP contribution in [0.15, 0.2) is 5.16 Å². The fourth-order valence-corrected chi connectivity index (χ4v) is 2.98. The highest BCUT2D eigenvalue weighted by Gasteiger charge is 2.28. The van der Waals surface area contributed by atoms with E-state index in [1.165, 1.54) is 15.7 Å². The Labute approximate surface area is 103 Å². The maximum absolute atomic E-state index is 12.1. The minimum absolute atomic E-state index is 0.0131. The van der Waals surface area contributed by atoms with Gasteiger partial charge in [0, 0.05) is 32.6 Å². The zero-order valence-corrected chi connectivity index (χ0v) is 11.6. The average molecular weight is 266 g/mol. The summed E-state index contributed by atoms with van der Waals surface area (Å²) in [6.45, 7) is 6.10. The standard InChI is InChI=1S/C9H22N4O3S/c1-5-13(6-2)17(15,16)12(4)8(3)7-9(10)11-14/h8,14H,5-7H2,1-4H3,(H2,10,11). The molecule has 0 radical (unpaired) electrons.